The van der Waals surface area contributed by atoms with Gasteiger partial charge in [0.15, 0.2) is 0 Å². The summed E-state index contributed by atoms with van der Waals surface area (Å²) in [5, 5.41) is 0. The SMILES string of the molecule is Cc1ccc(S(=O)(=O)N2CCCC[C@H]2c2ccc(Br)nc2)cc1. The van der Waals surface area contributed by atoms with E-state index < -0.39 is 10.0 Å². The van der Waals surface area contributed by atoms with Crippen LogP contribution in [0.4, 0.5) is 0 Å². The molecule has 2 heterocycles. The molecule has 0 saturated carbocycles. The number of nitrogens with zero attached hydrogens (tertiary/aromatic N) is 2. The fraction of sp³-hybridized carbons (Fsp3) is 0.353. The topological polar surface area (TPSA) is 50.3 Å². The maximum Gasteiger partial charge on any atom is 0.243 e. The molecule has 0 N–H and O–H groups in total. The highest BCUT2D eigenvalue weighted by molar-refractivity contribution is 9.10. The van der Waals surface area contributed by atoms with Gasteiger partial charge in [-0.3, -0.25) is 0 Å². The fourth-order valence-electron chi connectivity index (χ4n) is 2.96. The second-order valence-corrected chi connectivity index (χ2v) is 8.56. The fourth-order valence-corrected chi connectivity index (χ4v) is 4.87. The van der Waals surface area contributed by atoms with Gasteiger partial charge >= 0.3 is 0 Å². The third-order valence-electron chi connectivity index (χ3n) is 4.22. The second-order valence-electron chi connectivity index (χ2n) is 5.85. The minimum atomic E-state index is -3.49. The van der Waals surface area contributed by atoms with Gasteiger partial charge in [0.2, 0.25) is 10.0 Å². The molecule has 0 aliphatic carbocycles. The Labute approximate surface area is 145 Å². The van der Waals surface area contributed by atoms with Crippen molar-refractivity contribution in [1.29, 1.82) is 0 Å². The molecule has 6 heteroatoms. The molecular weight excluding hydrogens is 376 g/mol. The number of rotatable bonds is 3. The molecule has 1 fully saturated rings. The lowest BCUT2D eigenvalue weighted by molar-refractivity contribution is 0.255. The number of hydrogen-bond donors (Lipinski definition) is 0. The highest BCUT2D eigenvalue weighted by Gasteiger charge is 2.34. The Morgan fingerprint density at radius 2 is 1.87 bits per heavy atom. The highest BCUT2D eigenvalue weighted by Crippen LogP contribution is 2.35. The molecule has 0 radical (unpaired) electrons. The van der Waals surface area contributed by atoms with Gasteiger partial charge in [0.25, 0.3) is 0 Å². The van der Waals surface area contributed by atoms with E-state index in [2.05, 4.69) is 20.9 Å². The lowest BCUT2D eigenvalue weighted by atomic mass is 9.99. The zero-order chi connectivity index (χ0) is 16.4. The lowest BCUT2D eigenvalue weighted by Crippen LogP contribution is -2.38. The molecule has 0 unspecified atom stereocenters. The normalized spacial score (nSPS) is 19.7. The maximum absolute atomic E-state index is 13.0. The Morgan fingerprint density at radius 3 is 2.52 bits per heavy atom. The van der Waals surface area contributed by atoms with E-state index in [0.717, 1.165) is 35.0 Å². The van der Waals surface area contributed by atoms with Crippen molar-refractivity contribution in [3.05, 3.63) is 58.3 Å². The van der Waals surface area contributed by atoms with Crippen molar-refractivity contribution in [3.63, 3.8) is 0 Å². The molecule has 3 rings (SSSR count). The van der Waals surface area contributed by atoms with Crippen LogP contribution in [0.2, 0.25) is 0 Å². The first kappa shape index (κ1) is 16.6. The van der Waals surface area contributed by atoms with Crippen LogP contribution in [0.25, 0.3) is 0 Å². The summed E-state index contributed by atoms with van der Waals surface area (Å²) >= 11 is 3.32. The van der Waals surface area contributed by atoms with E-state index in [1.54, 1.807) is 22.6 Å². The van der Waals surface area contributed by atoms with Crippen molar-refractivity contribution in [1.82, 2.24) is 9.29 Å². The molecule has 1 aromatic heterocycles. The van der Waals surface area contributed by atoms with Crippen LogP contribution in [-0.2, 0) is 10.0 Å². The summed E-state index contributed by atoms with van der Waals surface area (Å²) in [6, 6.07) is 10.7. The number of piperidine rings is 1. The summed E-state index contributed by atoms with van der Waals surface area (Å²) < 4.78 is 28.5. The maximum atomic E-state index is 13.0. The first-order chi connectivity index (χ1) is 11.0. The zero-order valence-corrected chi connectivity index (χ0v) is 15.3. The third-order valence-corrected chi connectivity index (χ3v) is 6.61. The molecule has 122 valence electrons. The van der Waals surface area contributed by atoms with Crippen LogP contribution < -0.4 is 0 Å². The van der Waals surface area contributed by atoms with E-state index in [1.807, 2.05) is 31.2 Å². The van der Waals surface area contributed by atoms with Crippen LogP contribution in [0.3, 0.4) is 0 Å². The van der Waals surface area contributed by atoms with E-state index >= 15 is 0 Å². The van der Waals surface area contributed by atoms with Crippen molar-refractivity contribution in [3.8, 4) is 0 Å². The predicted molar refractivity (Wildman–Crippen MR) is 93.6 cm³/mol. The van der Waals surface area contributed by atoms with Crippen molar-refractivity contribution >= 4 is 26.0 Å². The lowest BCUT2D eigenvalue weighted by Gasteiger charge is -2.34. The summed E-state index contributed by atoms with van der Waals surface area (Å²) in [6.07, 6.45) is 4.51. The number of halogens is 1. The standard InChI is InChI=1S/C17H19BrN2O2S/c1-13-5-8-15(9-6-13)23(21,22)20-11-3-2-4-16(20)14-7-10-17(18)19-12-14/h5-10,12,16H,2-4,11H2,1H3/t16-/m0/s1. The van der Waals surface area contributed by atoms with Gasteiger partial charge in [-0.2, -0.15) is 4.31 Å². The first-order valence-electron chi connectivity index (χ1n) is 7.68. The minimum Gasteiger partial charge on any atom is -0.249 e. The van der Waals surface area contributed by atoms with E-state index in [9.17, 15) is 8.42 Å². The monoisotopic (exact) mass is 394 g/mol. The number of benzene rings is 1. The summed E-state index contributed by atoms with van der Waals surface area (Å²) in [5.74, 6) is 0. The number of pyridine rings is 1. The Morgan fingerprint density at radius 1 is 1.13 bits per heavy atom. The van der Waals surface area contributed by atoms with Crippen LogP contribution in [0.1, 0.15) is 36.4 Å². The zero-order valence-electron chi connectivity index (χ0n) is 12.9. The summed E-state index contributed by atoms with van der Waals surface area (Å²) in [7, 11) is -3.49. The van der Waals surface area contributed by atoms with Crippen molar-refractivity contribution in [2.75, 3.05) is 6.54 Å². The molecule has 1 aliphatic heterocycles. The third kappa shape index (κ3) is 3.49. The molecule has 0 spiro atoms. The smallest absolute Gasteiger partial charge is 0.243 e. The highest BCUT2D eigenvalue weighted by atomic mass is 79.9. The summed E-state index contributed by atoms with van der Waals surface area (Å²) in [4.78, 5) is 4.61. The molecule has 2 aromatic rings. The second kappa shape index (κ2) is 6.71. The Bertz CT molecular complexity index is 773. The van der Waals surface area contributed by atoms with Gasteiger partial charge < -0.3 is 0 Å². The molecule has 1 aliphatic rings. The molecule has 23 heavy (non-hydrogen) atoms. The number of aromatic nitrogens is 1. The Kier molecular flexibility index (Phi) is 4.85. The van der Waals surface area contributed by atoms with Gasteiger partial charge in [-0.15, -0.1) is 0 Å². The molecule has 0 bridgehead atoms. The van der Waals surface area contributed by atoms with Crippen LogP contribution in [0.5, 0.6) is 0 Å². The number of aryl methyl sites for hydroxylation is 1. The summed E-state index contributed by atoms with van der Waals surface area (Å²) in [5.41, 5.74) is 2.00. The van der Waals surface area contributed by atoms with Gasteiger partial charge in [0, 0.05) is 12.7 Å². The van der Waals surface area contributed by atoms with Crippen molar-refractivity contribution < 1.29 is 8.42 Å². The number of sulfonamides is 1. The van der Waals surface area contributed by atoms with Crippen LogP contribution in [-0.4, -0.2) is 24.3 Å². The van der Waals surface area contributed by atoms with Gasteiger partial charge in [-0.1, -0.05) is 30.2 Å². The summed E-state index contributed by atoms with van der Waals surface area (Å²) in [6.45, 7) is 2.50. The van der Waals surface area contributed by atoms with E-state index in [4.69, 9.17) is 0 Å². The molecule has 0 amide bonds. The Balaban J connectivity index is 1.97. The quantitative estimate of drug-likeness (QED) is 0.737. The van der Waals surface area contributed by atoms with Crippen LogP contribution >= 0.6 is 15.9 Å². The van der Waals surface area contributed by atoms with Gasteiger partial charge in [0.1, 0.15) is 4.60 Å². The van der Waals surface area contributed by atoms with Crippen LogP contribution in [0.15, 0.2) is 52.1 Å². The minimum absolute atomic E-state index is 0.143. The Hall–Kier alpha value is -1.24. The van der Waals surface area contributed by atoms with Gasteiger partial charge in [-0.05, 0) is 59.5 Å². The van der Waals surface area contributed by atoms with Crippen molar-refractivity contribution in [2.24, 2.45) is 0 Å². The van der Waals surface area contributed by atoms with Gasteiger partial charge in [-0.25, -0.2) is 13.4 Å². The van der Waals surface area contributed by atoms with E-state index in [-0.39, 0.29) is 6.04 Å². The predicted octanol–water partition coefficient (Wildman–Crippen LogP) is 4.07. The van der Waals surface area contributed by atoms with Gasteiger partial charge in [0.05, 0.1) is 10.9 Å². The number of hydrogen-bond acceptors (Lipinski definition) is 3. The first-order valence-corrected chi connectivity index (χ1v) is 9.92. The molecule has 4 nitrogen and oxygen atoms in total. The molecule has 1 aromatic carbocycles. The average molecular weight is 395 g/mol. The van der Waals surface area contributed by atoms with E-state index in [1.165, 1.54) is 0 Å². The largest absolute Gasteiger partial charge is 0.249 e. The molecule has 1 atom stereocenters. The van der Waals surface area contributed by atoms with E-state index in [0.29, 0.717) is 11.4 Å². The molecule has 1 saturated heterocycles. The molecular formula is C17H19BrN2O2S. The van der Waals surface area contributed by atoms with Crippen molar-refractivity contribution in [2.45, 2.75) is 37.1 Å². The average Bonchev–Trinajstić information content (AvgIpc) is 2.56. The van der Waals surface area contributed by atoms with Crippen LogP contribution in [0, 0.1) is 6.92 Å².